The average molecular weight is 457 g/mol. The van der Waals surface area contributed by atoms with Crippen molar-refractivity contribution in [2.24, 2.45) is 0 Å². The van der Waals surface area contributed by atoms with E-state index in [-0.39, 0.29) is 23.5 Å². The highest BCUT2D eigenvalue weighted by molar-refractivity contribution is 7.81. The maximum atomic E-state index is 13.3. The Hall–Kier alpha value is -2.83. The molecule has 0 saturated heterocycles. The summed E-state index contributed by atoms with van der Waals surface area (Å²) in [6.07, 6.45) is -4.52. The van der Waals surface area contributed by atoms with Gasteiger partial charge in [-0.3, -0.25) is 4.55 Å². The average Bonchev–Trinajstić information content (AvgIpc) is 3.15. The molecule has 0 bridgehead atoms. The van der Waals surface area contributed by atoms with E-state index in [4.69, 9.17) is 0 Å². The largest absolute Gasteiger partial charge is 0.465 e. The molecule has 7 nitrogen and oxygen atoms in total. The molecule has 1 aromatic heterocycles. The van der Waals surface area contributed by atoms with Crippen LogP contribution in [0, 0.1) is 0 Å². The molecule has 0 radical (unpaired) electrons. The highest BCUT2D eigenvalue weighted by atomic mass is 32.2. The normalized spacial score (nSPS) is 12.4. The summed E-state index contributed by atoms with van der Waals surface area (Å²) in [6, 6.07) is 11.2. The number of rotatable bonds is 6. The number of halogens is 3. The molecule has 3 rings (SSSR count). The molecule has 0 aliphatic heterocycles. The third-order valence-electron chi connectivity index (χ3n) is 4.05. The smallest absolute Gasteiger partial charge is 0.416 e. The Morgan fingerprint density at radius 2 is 1.90 bits per heavy atom. The van der Waals surface area contributed by atoms with Crippen molar-refractivity contribution in [1.82, 2.24) is 8.75 Å². The van der Waals surface area contributed by atoms with Gasteiger partial charge in [-0.15, -0.1) is 0 Å². The van der Waals surface area contributed by atoms with Crippen LogP contribution >= 0.6 is 11.7 Å². The first-order chi connectivity index (χ1) is 14.2. The van der Waals surface area contributed by atoms with E-state index >= 15 is 0 Å². The number of methoxy groups -OCH3 is 1. The van der Waals surface area contributed by atoms with Crippen LogP contribution in [0.2, 0.25) is 0 Å². The molecule has 1 N–H and O–H groups in total. The molecule has 0 saturated carbocycles. The molecule has 12 heteroatoms. The third kappa shape index (κ3) is 4.66. The van der Waals surface area contributed by atoms with Gasteiger partial charge in [0.2, 0.25) is 0 Å². The highest BCUT2D eigenvalue weighted by Gasteiger charge is 2.34. The molecule has 2 aromatic carbocycles. The lowest BCUT2D eigenvalue weighted by atomic mass is 10.1. The quantitative estimate of drug-likeness (QED) is 0.440. The van der Waals surface area contributed by atoms with Crippen LogP contribution in [-0.2, 0) is 28.6 Å². The van der Waals surface area contributed by atoms with E-state index in [0.717, 1.165) is 30.5 Å². The first kappa shape index (κ1) is 21.9. The Labute approximate surface area is 175 Å². The standard InChI is InChI=1S/C18H14F3N3O4S2/c1-28-17(25)13-8-7-12(18(19,20)21)10-15(13)24(30(26)27)16-14(22-29-23-16)9-11-5-3-2-4-6-11/h2-8,10H,9H2,1H3,(H,26,27). The highest BCUT2D eigenvalue weighted by Crippen LogP contribution is 2.37. The van der Waals surface area contributed by atoms with Crippen LogP contribution in [0.25, 0.3) is 0 Å². The van der Waals surface area contributed by atoms with Gasteiger partial charge in [0.25, 0.3) is 11.3 Å². The van der Waals surface area contributed by atoms with Crippen LogP contribution in [-0.4, -0.2) is 30.6 Å². The number of alkyl halides is 3. The van der Waals surface area contributed by atoms with Gasteiger partial charge in [-0.2, -0.15) is 21.9 Å². The van der Waals surface area contributed by atoms with Gasteiger partial charge in [-0.1, -0.05) is 30.3 Å². The summed E-state index contributed by atoms with van der Waals surface area (Å²) in [5.41, 5.74) is -0.825. The number of esters is 1. The van der Waals surface area contributed by atoms with Crippen molar-refractivity contribution in [2.75, 3.05) is 11.4 Å². The molecular formula is C18H14F3N3O4S2. The van der Waals surface area contributed by atoms with Gasteiger partial charge in [0.05, 0.1) is 35.7 Å². The van der Waals surface area contributed by atoms with Crippen LogP contribution in [0.5, 0.6) is 0 Å². The summed E-state index contributed by atoms with van der Waals surface area (Å²) >= 11 is -2.12. The number of hydrogen-bond acceptors (Lipinski definition) is 6. The molecular weight excluding hydrogens is 443 g/mol. The van der Waals surface area contributed by atoms with Gasteiger partial charge in [-0.25, -0.2) is 13.3 Å². The molecule has 30 heavy (non-hydrogen) atoms. The second-order valence-corrected chi connectivity index (χ2v) is 7.30. The Morgan fingerprint density at radius 3 is 2.50 bits per heavy atom. The summed E-state index contributed by atoms with van der Waals surface area (Å²) in [6.45, 7) is 0. The zero-order valence-electron chi connectivity index (χ0n) is 15.3. The van der Waals surface area contributed by atoms with E-state index in [2.05, 4.69) is 13.5 Å². The Bertz CT molecular complexity index is 1070. The Balaban J connectivity index is 2.15. The molecule has 1 unspecified atom stereocenters. The summed E-state index contributed by atoms with van der Waals surface area (Å²) in [5.74, 6) is -1.10. The lowest BCUT2D eigenvalue weighted by Gasteiger charge is -2.22. The van der Waals surface area contributed by atoms with Crippen molar-refractivity contribution in [2.45, 2.75) is 12.6 Å². The van der Waals surface area contributed by atoms with Crippen LogP contribution in [0.1, 0.15) is 27.2 Å². The minimum atomic E-state index is -4.74. The fourth-order valence-electron chi connectivity index (χ4n) is 2.69. The monoisotopic (exact) mass is 457 g/mol. The zero-order chi connectivity index (χ0) is 21.9. The number of carbonyl (C=O) groups is 1. The van der Waals surface area contributed by atoms with Crippen molar-refractivity contribution in [3.63, 3.8) is 0 Å². The van der Waals surface area contributed by atoms with Crippen molar-refractivity contribution in [1.29, 1.82) is 0 Å². The summed E-state index contributed by atoms with van der Waals surface area (Å²) in [4.78, 5) is 12.1. The molecule has 1 atom stereocenters. The molecule has 3 aromatic rings. The summed E-state index contributed by atoms with van der Waals surface area (Å²) < 4.78 is 75.2. The lowest BCUT2D eigenvalue weighted by molar-refractivity contribution is -0.137. The predicted molar refractivity (Wildman–Crippen MR) is 105 cm³/mol. The van der Waals surface area contributed by atoms with E-state index in [1.165, 1.54) is 0 Å². The second-order valence-electron chi connectivity index (χ2n) is 5.94. The summed E-state index contributed by atoms with van der Waals surface area (Å²) in [7, 11) is 1.05. The van der Waals surface area contributed by atoms with Crippen molar-refractivity contribution >= 4 is 40.5 Å². The number of benzene rings is 2. The van der Waals surface area contributed by atoms with Gasteiger partial charge in [-0.05, 0) is 23.8 Å². The number of anilines is 2. The number of nitrogens with zero attached hydrogens (tertiary/aromatic N) is 3. The van der Waals surface area contributed by atoms with Crippen LogP contribution in [0.4, 0.5) is 24.7 Å². The fraction of sp³-hybridized carbons (Fsp3) is 0.167. The first-order valence-corrected chi connectivity index (χ1v) is 10.1. The van der Waals surface area contributed by atoms with E-state index < -0.39 is 34.7 Å². The fourth-order valence-corrected chi connectivity index (χ4v) is 3.90. The number of ether oxygens (including phenoxy) is 1. The zero-order valence-corrected chi connectivity index (χ0v) is 16.9. The van der Waals surface area contributed by atoms with Gasteiger partial charge < -0.3 is 4.74 Å². The van der Waals surface area contributed by atoms with E-state index in [9.17, 15) is 26.7 Å². The number of carbonyl (C=O) groups excluding carboxylic acids is 1. The van der Waals surface area contributed by atoms with Crippen LogP contribution < -0.4 is 4.31 Å². The number of hydrogen-bond donors (Lipinski definition) is 1. The predicted octanol–water partition coefficient (Wildman–Crippen LogP) is 4.21. The Morgan fingerprint density at radius 1 is 1.20 bits per heavy atom. The maximum Gasteiger partial charge on any atom is 0.416 e. The minimum absolute atomic E-state index is 0.130. The molecule has 158 valence electrons. The second kappa shape index (κ2) is 8.90. The van der Waals surface area contributed by atoms with E-state index in [0.29, 0.717) is 16.4 Å². The van der Waals surface area contributed by atoms with Gasteiger partial charge in [0.15, 0.2) is 5.82 Å². The molecule has 0 aliphatic carbocycles. The SMILES string of the molecule is COC(=O)c1ccc(C(F)(F)F)cc1N(c1nsnc1Cc1ccccc1)S(=O)O. The third-order valence-corrected chi connectivity index (χ3v) is 5.29. The first-order valence-electron chi connectivity index (χ1n) is 8.28. The van der Waals surface area contributed by atoms with Crippen molar-refractivity contribution in [3.8, 4) is 0 Å². The molecule has 0 amide bonds. The topological polar surface area (TPSA) is 92.6 Å². The number of aromatic nitrogens is 2. The van der Waals surface area contributed by atoms with E-state index in [1.807, 2.05) is 6.07 Å². The molecule has 0 fully saturated rings. The molecule has 1 heterocycles. The van der Waals surface area contributed by atoms with Crippen LogP contribution in [0.3, 0.4) is 0 Å². The van der Waals surface area contributed by atoms with Gasteiger partial charge in [0, 0.05) is 6.42 Å². The summed E-state index contributed by atoms with van der Waals surface area (Å²) in [5, 5.41) is 0. The minimum Gasteiger partial charge on any atom is -0.465 e. The lowest BCUT2D eigenvalue weighted by Crippen LogP contribution is -2.24. The maximum absolute atomic E-state index is 13.3. The van der Waals surface area contributed by atoms with Gasteiger partial charge in [0.1, 0.15) is 5.69 Å². The molecule has 0 spiro atoms. The van der Waals surface area contributed by atoms with E-state index in [1.54, 1.807) is 24.3 Å². The van der Waals surface area contributed by atoms with Crippen LogP contribution in [0.15, 0.2) is 48.5 Å². The Kier molecular flexibility index (Phi) is 6.48. The van der Waals surface area contributed by atoms with Gasteiger partial charge >= 0.3 is 12.1 Å². The van der Waals surface area contributed by atoms with Crippen molar-refractivity contribution < 1.29 is 31.5 Å². The van der Waals surface area contributed by atoms with Crippen molar-refractivity contribution in [3.05, 3.63) is 70.9 Å². The molecule has 0 aliphatic rings.